The number of phenolic OH excluding ortho intramolecular Hbond substituents is 1. The molecule has 3 nitrogen and oxygen atoms in total. The number of methoxy groups -OCH3 is 1. The fraction of sp³-hybridized carbons (Fsp3) is 0.571. The minimum atomic E-state index is 0.262. The summed E-state index contributed by atoms with van der Waals surface area (Å²) in [5, 5.41) is 10.0. The van der Waals surface area contributed by atoms with Gasteiger partial charge in [-0.25, -0.2) is 0 Å². The van der Waals surface area contributed by atoms with Crippen LogP contribution in [0.2, 0.25) is 0 Å². The third kappa shape index (κ3) is 2.39. The second-order valence-corrected chi connectivity index (χ2v) is 4.83. The zero-order valence-corrected chi connectivity index (χ0v) is 10.8. The van der Waals surface area contributed by atoms with Crippen LogP contribution < -0.4 is 4.74 Å². The van der Waals surface area contributed by atoms with Crippen LogP contribution in [0.4, 0.5) is 0 Å². The Morgan fingerprint density at radius 3 is 2.76 bits per heavy atom. The van der Waals surface area contributed by atoms with Crippen molar-refractivity contribution in [2.24, 2.45) is 0 Å². The lowest BCUT2D eigenvalue weighted by Gasteiger charge is -2.29. The Balaban J connectivity index is 2.21. The van der Waals surface area contributed by atoms with Gasteiger partial charge in [0.2, 0.25) is 0 Å². The molecule has 1 fully saturated rings. The normalized spacial score (nSPS) is 22.6. The van der Waals surface area contributed by atoms with Gasteiger partial charge in [-0.2, -0.15) is 0 Å². The molecule has 0 spiro atoms. The smallest absolute Gasteiger partial charge is 0.124 e. The second kappa shape index (κ2) is 4.96. The van der Waals surface area contributed by atoms with Crippen molar-refractivity contribution in [1.29, 1.82) is 0 Å². The number of rotatable bonds is 3. The maximum Gasteiger partial charge on any atom is 0.124 e. The van der Waals surface area contributed by atoms with Gasteiger partial charge in [0, 0.05) is 23.7 Å². The predicted octanol–water partition coefficient (Wildman–Crippen LogP) is 2.95. The molecule has 0 bridgehead atoms. The van der Waals surface area contributed by atoms with Crippen molar-refractivity contribution in [1.82, 2.24) is 4.90 Å². The summed E-state index contributed by atoms with van der Waals surface area (Å²) in [6.07, 6.45) is 2.50. The molecule has 1 aliphatic rings. The van der Waals surface area contributed by atoms with Gasteiger partial charge in [0.25, 0.3) is 0 Å². The standard InChI is InChI=1S/C14H21NO2/c1-10-5-4-8-15(10)11(2)13-7-6-12(17-3)9-14(13)16/h6-7,9-11,16H,4-5,8H2,1-3H3. The lowest BCUT2D eigenvalue weighted by Crippen LogP contribution is -2.29. The van der Waals surface area contributed by atoms with Crippen molar-refractivity contribution in [3.05, 3.63) is 23.8 Å². The molecule has 1 aliphatic heterocycles. The van der Waals surface area contributed by atoms with Crippen LogP contribution in [-0.2, 0) is 0 Å². The van der Waals surface area contributed by atoms with Gasteiger partial charge in [-0.1, -0.05) is 6.07 Å². The molecule has 94 valence electrons. The van der Waals surface area contributed by atoms with Crippen LogP contribution in [0.5, 0.6) is 11.5 Å². The van der Waals surface area contributed by atoms with Gasteiger partial charge < -0.3 is 9.84 Å². The van der Waals surface area contributed by atoms with Crippen LogP contribution in [0.15, 0.2) is 18.2 Å². The van der Waals surface area contributed by atoms with Gasteiger partial charge in [0.05, 0.1) is 7.11 Å². The van der Waals surface area contributed by atoms with Crippen LogP contribution in [0.3, 0.4) is 0 Å². The van der Waals surface area contributed by atoms with E-state index in [2.05, 4.69) is 18.7 Å². The van der Waals surface area contributed by atoms with Crippen molar-refractivity contribution in [3.8, 4) is 11.5 Å². The van der Waals surface area contributed by atoms with Crippen molar-refractivity contribution in [3.63, 3.8) is 0 Å². The molecule has 17 heavy (non-hydrogen) atoms. The van der Waals surface area contributed by atoms with Crippen molar-refractivity contribution < 1.29 is 9.84 Å². The number of hydrogen-bond donors (Lipinski definition) is 1. The van der Waals surface area contributed by atoms with E-state index in [1.165, 1.54) is 12.8 Å². The minimum Gasteiger partial charge on any atom is -0.507 e. The van der Waals surface area contributed by atoms with Gasteiger partial charge in [-0.3, -0.25) is 4.90 Å². The third-order valence-electron chi connectivity index (χ3n) is 3.79. The summed E-state index contributed by atoms with van der Waals surface area (Å²) in [5.41, 5.74) is 0.986. The largest absolute Gasteiger partial charge is 0.507 e. The first-order chi connectivity index (χ1) is 8.13. The molecule has 1 heterocycles. The maximum absolute atomic E-state index is 10.0. The Bertz CT molecular complexity index is 392. The van der Waals surface area contributed by atoms with Gasteiger partial charge in [0.15, 0.2) is 0 Å². The average molecular weight is 235 g/mol. The summed E-state index contributed by atoms with van der Waals surface area (Å²) in [5.74, 6) is 1.03. The molecule has 1 aromatic rings. The summed E-state index contributed by atoms with van der Waals surface area (Å²) in [7, 11) is 1.61. The zero-order valence-electron chi connectivity index (χ0n) is 10.8. The Labute approximate surface area is 103 Å². The zero-order chi connectivity index (χ0) is 12.4. The third-order valence-corrected chi connectivity index (χ3v) is 3.79. The van der Waals surface area contributed by atoms with Crippen molar-refractivity contribution >= 4 is 0 Å². The average Bonchev–Trinajstić information content (AvgIpc) is 2.74. The lowest BCUT2D eigenvalue weighted by molar-refractivity contribution is 0.201. The molecule has 0 amide bonds. The van der Waals surface area contributed by atoms with Crippen LogP contribution >= 0.6 is 0 Å². The van der Waals surface area contributed by atoms with E-state index in [0.29, 0.717) is 17.5 Å². The molecule has 1 N–H and O–H groups in total. The molecule has 3 heteroatoms. The number of hydrogen-bond acceptors (Lipinski definition) is 3. The fourth-order valence-electron chi connectivity index (χ4n) is 2.71. The molecule has 0 aliphatic carbocycles. The van der Waals surface area contributed by atoms with Crippen LogP contribution in [-0.4, -0.2) is 29.7 Å². The van der Waals surface area contributed by atoms with E-state index in [1.807, 2.05) is 12.1 Å². The van der Waals surface area contributed by atoms with E-state index in [9.17, 15) is 5.11 Å². The highest BCUT2D eigenvalue weighted by Crippen LogP contribution is 2.35. The van der Waals surface area contributed by atoms with Crippen molar-refractivity contribution in [2.45, 2.75) is 38.8 Å². The van der Waals surface area contributed by atoms with Crippen molar-refractivity contribution in [2.75, 3.05) is 13.7 Å². The predicted molar refractivity (Wildman–Crippen MR) is 68.5 cm³/mol. The lowest BCUT2D eigenvalue weighted by atomic mass is 10.0. The minimum absolute atomic E-state index is 0.262. The summed E-state index contributed by atoms with van der Waals surface area (Å²) in [4.78, 5) is 2.45. The first-order valence-electron chi connectivity index (χ1n) is 6.26. The highest BCUT2D eigenvalue weighted by molar-refractivity contribution is 5.41. The molecule has 2 unspecified atom stereocenters. The first-order valence-corrected chi connectivity index (χ1v) is 6.26. The molecule has 0 radical (unpaired) electrons. The number of likely N-dealkylation sites (tertiary alicyclic amines) is 1. The SMILES string of the molecule is COc1ccc(C(C)N2CCCC2C)c(O)c1. The number of benzene rings is 1. The Morgan fingerprint density at radius 1 is 1.47 bits per heavy atom. The molecular weight excluding hydrogens is 214 g/mol. The molecule has 0 saturated carbocycles. The van der Waals surface area contributed by atoms with Crippen LogP contribution in [0.25, 0.3) is 0 Å². The fourth-order valence-corrected chi connectivity index (χ4v) is 2.71. The molecular formula is C14H21NO2. The van der Waals surface area contributed by atoms with E-state index in [1.54, 1.807) is 13.2 Å². The quantitative estimate of drug-likeness (QED) is 0.874. The van der Waals surface area contributed by atoms with Gasteiger partial charge in [-0.15, -0.1) is 0 Å². The topological polar surface area (TPSA) is 32.7 Å². The Morgan fingerprint density at radius 2 is 2.24 bits per heavy atom. The highest BCUT2D eigenvalue weighted by Gasteiger charge is 2.27. The van der Waals surface area contributed by atoms with E-state index in [4.69, 9.17) is 4.74 Å². The number of nitrogens with zero attached hydrogens (tertiary/aromatic N) is 1. The van der Waals surface area contributed by atoms with E-state index >= 15 is 0 Å². The van der Waals surface area contributed by atoms with Crippen LogP contribution in [0.1, 0.15) is 38.3 Å². The first kappa shape index (κ1) is 12.2. The number of aromatic hydroxyl groups is 1. The molecule has 1 saturated heterocycles. The van der Waals surface area contributed by atoms with Gasteiger partial charge >= 0.3 is 0 Å². The van der Waals surface area contributed by atoms with Crippen LogP contribution in [0, 0.1) is 0 Å². The van der Waals surface area contributed by atoms with Gasteiger partial charge in [0.1, 0.15) is 11.5 Å². The van der Waals surface area contributed by atoms with E-state index in [-0.39, 0.29) is 6.04 Å². The summed E-state index contributed by atoms with van der Waals surface area (Å²) < 4.78 is 5.10. The highest BCUT2D eigenvalue weighted by atomic mass is 16.5. The maximum atomic E-state index is 10.0. The van der Waals surface area contributed by atoms with Gasteiger partial charge in [-0.05, 0) is 39.3 Å². The number of phenols is 1. The Hall–Kier alpha value is -1.22. The molecule has 0 aromatic heterocycles. The number of ether oxygens (including phenoxy) is 1. The van der Waals surface area contributed by atoms with E-state index < -0.39 is 0 Å². The molecule has 1 aromatic carbocycles. The molecule has 2 atom stereocenters. The summed E-state index contributed by atoms with van der Waals surface area (Å²) >= 11 is 0. The second-order valence-electron chi connectivity index (χ2n) is 4.83. The monoisotopic (exact) mass is 235 g/mol. The Kier molecular flexibility index (Phi) is 3.57. The summed E-state index contributed by atoms with van der Waals surface area (Å²) in [6, 6.07) is 6.42. The summed E-state index contributed by atoms with van der Waals surface area (Å²) in [6.45, 7) is 5.53. The molecule has 2 rings (SSSR count). The van der Waals surface area contributed by atoms with E-state index in [0.717, 1.165) is 12.1 Å².